The third-order valence-electron chi connectivity index (χ3n) is 4.13. The van der Waals surface area contributed by atoms with E-state index in [0.29, 0.717) is 31.9 Å². The molecular formula is C20H30N2O9. The third-order valence-corrected chi connectivity index (χ3v) is 4.13. The van der Waals surface area contributed by atoms with Gasteiger partial charge in [-0.05, 0) is 25.0 Å². The molecule has 0 spiro atoms. The fourth-order valence-electron chi connectivity index (χ4n) is 2.50. The minimum Gasteiger partial charge on any atom is -0.457 e. The summed E-state index contributed by atoms with van der Waals surface area (Å²) in [5, 5.41) is 33.8. The molecule has 0 aliphatic carbocycles. The van der Waals surface area contributed by atoms with Crippen molar-refractivity contribution in [1.82, 2.24) is 10.6 Å². The first-order valence-electron chi connectivity index (χ1n) is 9.63. The predicted molar refractivity (Wildman–Crippen MR) is 108 cm³/mol. The van der Waals surface area contributed by atoms with Crippen molar-refractivity contribution in [3.63, 3.8) is 0 Å². The van der Waals surface area contributed by atoms with Crippen molar-refractivity contribution < 1.29 is 44.0 Å². The summed E-state index contributed by atoms with van der Waals surface area (Å²) in [6.07, 6.45) is -2.46. The highest BCUT2D eigenvalue weighted by Crippen LogP contribution is 2.14. The first-order chi connectivity index (χ1) is 14.6. The van der Waals surface area contributed by atoms with Gasteiger partial charge in [0, 0.05) is 19.9 Å². The van der Waals surface area contributed by atoms with Crippen molar-refractivity contribution in [2.24, 2.45) is 0 Å². The van der Waals surface area contributed by atoms with Crippen LogP contribution in [0.15, 0.2) is 25.3 Å². The predicted octanol–water partition coefficient (Wildman–Crippen LogP) is -1.70. The number of ketones is 2. The van der Waals surface area contributed by atoms with Crippen LogP contribution in [0.2, 0.25) is 0 Å². The van der Waals surface area contributed by atoms with Crippen LogP contribution in [0.5, 0.6) is 0 Å². The number of carbonyl (C=O) groups excluding carboxylic acids is 5. The largest absolute Gasteiger partial charge is 0.457 e. The van der Waals surface area contributed by atoms with Gasteiger partial charge in [0.05, 0.1) is 6.61 Å². The Morgan fingerprint density at radius 3 is 2.19 bits per heavy atom. The normalized spacial score (nSPS) is 14.3. The summed E-state index contributed by atoms with van der Waals surface area (Å²) in [6, 6.07) is -1.79. The molecule has 0 fully saturated rings. The first-order valence-corrected chi connectivity index (χ1v) is 9.63. The Morgan fingerprint density at radius 2 is 1.68 bits per heavy atom. The maximum atomic E-state index is 12.3. The van der Waals surface area contributed by atoms with E-state index < -0.39 is 54.4 Å². The number of hydrogen-bond acceptors (Lipinski definition) is 9. The molecule has 5 N–H and O–H groups in total. The smallest absolute Gasteiger partial charge is 0.306 e. The van der Waals surface area contributed by atoms with Crippen LogP contribution in [0.3, 0.4) is 0 Å². The molecule has 0 rings (SSSR count). The van der Waals surface area contributed by atoms with Gasteiger partial charge < -0.3 is 30.7 Å². The second-order valence-electron chi connectivity index (χ2n) is 6.61. The number of amides is 2. The van der Waals surface area contributed by atoms with Crippen LogP contribution in [-0.2, 0) is 28.7 Å². The summed E-state index contributed by atoms with van der Waals surface area (Å²) in [6.45, 7) is 6.97. The number of ether oxygens (including phenoxy) is 1. The molecule has 2 amide bonds. The van der Waals surface area contributed by atoms with Crippen molar-refractivity contribution in [3.8, 4) is 0 Å². The zero-order chi connectivity index (χ0) is 24.0. The van der Waals surface area contributed by atoms with Gasteiger partial charge in [-0.1, -0.05) is 19.6 Å². The molecule has 0 bridgehead atoms. The van der Waals surface area contributed by atoms with Crippen LogP contribution in [0.1, 0.15) is 32.6 Å². The van der Waals surface area contributed by atoms with E-state index in [9.17, 15) is 34.2 Å². The number of aliphatic hydroxyl groups is 3. The van der Waals surface area contributed by atoms with Gasteiger partial charge in [0.15, 0.2) is 6.10 Å². The lowest BCUT2D eigenvalue weighted by Crippen LogP contribution is -2.58. The molecule has 4 atom stereocenters. The number of hydrogen-bond donors (Lipinski definition) is 5. The molecule has 0 aromatic carbocycles. The molecule has 0 saturated carbocycles. The quantitative estimate of drug-likeness (QED) is 0.0806. The number of allylic oxidation sites excluding steroid dienone is 1. The topological polar surface area (TPSA) is 179 Å². The molecule has 0 aliphatic heterocycles. The Morgan fingerprint density at radius 1 is 1.03 bits per heavy atom. The lowest BCUT2D eigenvalue weighted by Gasteiger charge is -2.31. The molecule has 0 saturated heterocycles. The SMILES string of the molecule is C=CC(=O)NCCCCCC(=O)O[C@@H]([C@H](O)[C@H](O)CO)[C@@H](NC(C)=O)C(=O)C(=O)C=C. The van der Waals surface area contributed by atoms with Gasteiger partial charge in [0.2, 0.25) is 23.4 Å². The van der Waals surface area contributed by atoms with Crippen LogP contribution in [0, 0.1) is 0 Å². The Kier molecular flexibility index (Phi) is 13.6. The van der Waals surface area contributed by atoms with E-state index in [1.165, 1.54) is 0 Å². The van der Waals surface area contributed by atoms with Crippen LogP contribution < -0.4 is 10.6 Å². The van der Waals surface area contributed by atoms with E-state index in [2.05, 4.69) is 23.8 Å². The van der Waals surface area contributed by atoms with E-state index in [1.54, 1.807) is 0 Å². The highest BCUT2D eigenvalue weighted by molar-refractivity contribution is 6.43. The van der Waals surface area contributed by atoms with Crippen molar-refractivity contribution in [3.05, 3.63) is 25.3 Å². The Balaban J connectivity index is 5.19. The summed E-state index contributed by atoms with van der Waals surface area (Å²) in [7, 11) is 0. The number of aliphatic hydroxyl groups excluding tert-OH is 3. The zero-order valence-corrected chi connectivity index (χ0v) is 17.4. The van der Waals surface area contributed by atoms with E-state index >= 15 is 0 Å². The lowest BCUT2D eigenvalue weighted by molar-refractivity contribution is -0.168. The molecule has 174 valence electrons. The maximum Gasteiger partial charge on any atom is 0.306 e. The minimum absolute atomic E-state index is 0.135. The average molecular weight is 442 g/mol. The number of esters is 1. The van der Waals surface area contributed by atoms with E-state index in [4.69, 9.17) is 9.84 Å². The Bertz CT molecular complexity index is 678. The molecule has 0 aromatic rings. The molecule has 31 heavy (non-hydrogen) atoms. The number of nitrogens with one attached hydrogen (secondary N) is 2. The molecule has 0 heterocycles. The van der Waals surface area contributed by atoms with Crippen LogP contribution in [0.4, 0.5) is 0 Å². The van der Waals surface area contributed by atoms with Gasteiger partial charge in [-0.2, -0.15) is 0 Å². The third kappa shape index (κ3) is 10.6. The van der Waals surface area contributed by atoms with Crippen molar-refractivity contribution in [2.45, 2.75) is 57.0 Å². The molecule has 0 unspecified atom stereocenters. The molecule has 11 nitrogen and oxygen atoms in total. The average Bonchev–Trinajstić information content (AvgIpc) is 2.75. The van der Waals surface area contributed by atoms with Crippen molar-refractivity contribution in [1.29, 1.82) is 0 Å². The minimum atomic E-state index is -1.97. The van der Waals surface area contributed by atoms with E-state index in [-0.39, 0.29) is 12.3 Å². The second kappa shape index (κ2) is 15.0. The monoisotopic (exact) mass is 442 g/mol. The fraction of sp³-hybridized carbons (Fsp3) is 0.550. The Hall–Kier alpha value is -2.89. The second-order valence-corrected chi connectivity index (χ2v) is 6.61. The van der Waals surface area contributed by atoms with Gasteiger partial charge in [-0.15, -0.1) is 0 Å². The van der Waals surface area contributed by atoms with Gasteiger partial charge in [-0.25, -0.2) is 0 Å². The molecule has 0 aromatic heterocycles. The van der Waals surface area contributed by atoms with E-state index in [0.717, 1.165) is 13.0 Å². The van der Waals surface area contributed by atoms with Crippen molar-refractivity contribution >= 4 is 29.4 Å². The van der Waals surface area contributed by atoms with Crippen LogP contribution in [-0.4, -0.2) is 82.2 Å². The maximum absolute atomic E-state index is 12.3. The number of rotatable bonds is 16. The van der Waals surface area contributed by atoms with Crippen LogP contribution in [0.25, 0.3) is 0 Å². The molecule has 11 heteroatoms. The highest BCUT2D eigenvalue weighted by atomic mass is 16.6. The summed E-state index contributed by atoms with van der Waals surface area (Å²) in [5.41, 5.74) is 0. The number of Topliss-reactive ketones (excluding diaryl/α,β-unsaturated/α-hetero) is 1. The number of unbranched alkanes of at least 4 members (excludes halogenated alkanes) is 2. The summed E-state index contributed by atoms with van der Waals surface area (Å²) in [4.78, 5) is 58.8. The molecule has 0 aliphatic rings. The van der Waals surface area contributed by atoms with Crippen molar-refractivity contribution in [2.75, 3.05) is 13.2 Å². The lowest BCUT2D eigenvalue weighted by atomic mass is 9.95. The standard InChI is InChI=1S/C20H30N2O9/c1-4-13(25)18(29)17(22-12(3)24)20(19(30)14(26)11-23)31-16(28)9-7-6-8-10-21-15(27)5-2/h4-5,14,17,19-20,23,26,30H,1-2,6-11H2,3H3,(H,21,27)(H,22,24)/t14-,17+,19-,20-/m1/s1. The van der Waals surface area contributed by atoms with E-state index in [1.807, 2.05) is 0 Å². The summed E-state index contributed by atoms with van der Waals surface area (Å²) in [5.74, 6) is -4.26. The number of carbonyl (C=O) groups is 5. The van der Waals surface area contributed by atoms with Crippen LogP contribution >= 0.6 is 0 Å². The summed E-state index contributed by atoms with van der Waals surface area (Å²) < 4.78 is 5.11. The van der Waals surface area contributed by atoms with Gasteiger partial charge in [-0.3, -0.25) is 24.0 Å². The Labute approximate surface area is 180 Å². The van der Waals surface area contributed by atoms with Gasteiger partial charge in [0.25, 0.3) is 0 Å². The highest BCUT2D eigenvalue weighted by Gasteiger charge is 2.41. The fourth-order valence-corrected chi connectivity index (χ4v) is 2.50. The first kappa shape index (κ1) is 28.1. The molecular weight excluding hydrogens is 412 g/mol. The zero-order valence-electron chi connectivity index (χ0n) is 17.4. The molecule has 0 radical (unpaired) electrons. The van der Waals surface area contributed by atoms with Gasteiger partial charge >= 0.3 is 5.97 Å². The van der Waals surface area contributed by atoms with Gasteiger partial charge in [0.1, 0.15) is 18.2 Å². The summed E-state index contributed by atoms with van der Waals surface area (Å²) >= 11 is 0.